The van der Waals surface area contributed by atoms with Gasteiger partial charge in [0.05, 0.1) is 11.4 Å². The van der Waals surface area contributed by atoms with Crippen LogP contribution in [0, 0.1) is 5.92 Å². The number of halogens is 1. The summed E-state index contributed by atoms with van der Waals surface area (Å²) in [7, 11) is 0. The third-order valence-electron chi connectivity index (χ3n) is 4.35. The van der Waals surface area contributed by atoms with Crippen molar-refractivity contribution < 1.29 is 4.79 Å². The molecule has 2 aliphatic rings. The first-order chi connectivity index (χ1) is 11.2. The molecule has 1 aliphatic carbocycles. The maximum Gasteiger partial charge on any atom is 0.267 e. The molecule has 3 nitrogen and oxygen atoms in total. The van der Waals surface area contributed by atoms with Crippen molar-refractivity contribution in [3.63, 3.8) is 0 Å². The molecule has 0 N–H and O–H groups in total. The zero-order valence-electron chi connectivity index (χ0n) is 12.7. The number of hydrogen-bond donors (Lipinski definition) is 0. The lowest BCUT2D eigenvalue weighted by atomic mass is 10.00. The average Bonchev–Trinajstić information content (AvgIpc) is 3.42. The van der Waals surface area contributed by atoms with Gasteiger partial charge in [0.1, 0.15) is 0 Å². The second-order valence-corrected chi connectivity index (χ2v) is 6.50. The van der Waals surface area contributed by atoms with Crippen LogP contribution in [0.1, 0.15) is 24.0 Å². The Kier molecular flexibility index (Phi) is 3.66. The van der Waals surface area contributed by atoms with Crippen molar-refractivity contribution in [3.8, 4) is 0 Å². The van der Waals surface area contributed by atoms with Crippen LogP contribution in [0.5, 0.6) is 0 Å². The van der Waals surface area contributed by atoms with Gasteiger partial charge in [-0.15, -0.1) is 0 Å². The molecule has 2 aromatic rings. The minimum absolute atomic E-state index is 0.128. The van der Waals surface area contributed by atoms with Crippen LogP contribution in [-0.4, -0.2) is 23.7 Å². The predicted molar refractivity (Wildman–Crippen MR) is 93.2 cm³/mol. The number of benzene rings is 2. The molecular weight excluding hydrogens is 308 g/mol. The molecule has 116 valence electrons. The number of anilines is 1. The number of carbonyl (C=O) groups excluding carboxylic acids is 1. The topological polar surface area (TPSA) is 32.7 Å². The van der Waals surface area contributed by atoms with E-state index in [1.165, 1.54) is 12.8 Å². The number of amides is 1. The van der Waals surface area contributed by atoms with Gasteiger partial charge in [0.15, 0.2) is 0 Å². The molecule has 0 spiro atoms. The number of benzodiazepines with no additional fused rings is 1. The van der Waals surface area contributed by atoms with E-state index in [2.05, 4.69) is 4.99 Å². The number of para-hydroxylation sites is 1. The summed E-state index contributed by atoms with van der Waals surface area (Å²) in [4.78, 5) is 19.1. The Morgan fingerprint density at radius 2 is 1.74 bits per heavy atom. The highest BCUT2D eigenvalue weighted by Gasteiger charge is 2.34. The van der Waals surface area contributed by atoms with E-state index < -0.39 is 5.50 Å². The average molecular weight is 325 g/mol. The molecule has 4 heteroatoms. The summed E-state index contributed by atoms with van der Waals surface area (Å²) in [6.07, 6.45) is 2.37. The van der Waals surface area contributed by atoms with Crippen molar-refractivity contribution in [2.24, 2.45) is 10.9 Å². The summed E-state index contributed by atoms with van der Waals surface area (Å²) < 4.78 is 0. The van der Waals surface area contributed by atoms with E-state index >= 15 is 0 Å². The van der Waals surface area contributed by atoms with Crippen molar-refractivity contribution >= 4 is 28.9 Å². The normalized spacial score (nSPS) is 20.7. The number of hydrogen-bond acceptors (Lipinski definition) is 2. The lowest BCUT2D eigenvalue weighted by Crippen LogP contribution is -2.37. The number of nitrogens with zero attached hydrogens (tertiary/aromatic N) is 2. The zero-order valence-corrected chi connectivity index (χ0v) is 13.4. The smallest absolute Gasteiger partial charge is 0.267 e. The lowest BCUT2D eigenvalue weighted by Gasteiger charge is -2.23. The summed E-state index contributed by atoms with van der Waals surface area (Å²) in [5.74, 6) is 0.464. The first-order valence-corrected chi connectivity index (χ1v) is 8.36. The first-order valence-electron chi connectivity index (χ1n) is 7.92. The summed E-state index contributed by atoms with van der Waals surface area (Å²) >= 11 is 6.33. The van der Waals surface area contributed by atoms with Crippen LogP contribution in [0.15, 0.2) is 59.6 Å². The van der Waals surface area contributed by atoms with Gasteiger partial charge in [-0.25, -0.2) is 0 Å². The van der Waals surface area contributed by atoms with Crippen molar-refractivity contribution in [1.29, 1.82) is 0 Å². The van der Waals surface area contributed by atoms with Crippen LogP contribution in [0.4, 0.5) is 5.69 Å². The molecule has 1 saturated carbocycles. The number of fused-ring (bicyclic) bond motifs is 1. The Morgan fingerprint density at radius 3 is 2.48 bits per heavy atom. The predicted octanol–water partition coefficient (Wildman–Crippen LogP) is 3.85. The SMILES string of the molecule is O=C1C(Cl)N=C(c2ccccc2)c2ccccc2N1CC1CC1. The molecular formula is C19H17ClN2O. The van der Waals surface area contributed by atoms with Crippen LogP contribution < -0.4 is 4.90 Å². The van der Waals surface area contributed by atoms with Gasteiger partial charge >= 0.3 is 0 Å². The molecule has 0 radical (unpaired) electrons. The highest BCUT2D eigenvalue weighted by molar-refractivity contribution is 6.35. The number of aliphatic imine (C=N–C) groups is 1. The zero-order chi connectivity index (χ0) is 15.8. The molecule has 1 amide bonds. The van der Waals surface area contributed by atoms with Gasteiger partial charge in [-0.2, -0.15) is 0 Å². The lowest BCUT2D eigenvalue weighted by molar-refractivity contribution is -0.118. The third kappa shape index (κ3) is 2.77. The fraction of sp³-hybridized carbons (Fsp3) is 0.263. The van der Waals surface area contributed by atoms with Crippen molar-refractivity contribution in [3.05, 3.63) is 65.7 Å². The minimum atomic E-state index is -0.878. The minimum Gasteiger partial charge on any atom is -0.309 e. The summed E-state index contributed by atoms with van der Waals surface area (Å²) in [6, 6.07) is 17.9. The Bertz CT molecular complexity index is 768. The Morgan fingerprint density at radius 1 is 1.04 bits per heavy atom. The molecule has 0 saturated heterocycles. The maximum absolute atomic E-state index is 12.7. The van der Waals surface area contributed by atoms with Gasteiger partial charge in [-0.3, -0.25) is 9.79 Å². The van der Waals surface area contributed by atoms with Gasteiger partial charge < -0.3 is 4.90 Å². The Hall–Kier alpha value is -2.13. The molecule has 0 aromatic heterocycles. The van der Waals surface area contributed by atoms with Crippen molar-refractivity contribution in [2.75, 3.05) is 11.4 Å². The number of alkyl halides is 1. The van der Waals surface area contributed by atoms with Crippen molar-refractivity contribution in [1.82, 2.24) is 0 Å². The van der Waals surface area contributed by atoms with Gasteiger partial charge in [-0.1, -0.05) is 60.1 Å². The maximum atomic E-state index is 12.7. The van der Waals surface area contributed by atoms with Gasteiger partial charge in [0.25, 0.3) is 5.91 Å². The second kappa shape index (κ2) is 5.82. The molecule has 1 heterocycles. The van der Waals surface area contributed by atoms with Crippen LogP contribution in [-0.2, 0) is 4.79 Å². The molecule has 23 heavy (non-hydrogen) atoms. The van der Waals surface area contributed by atoms with E-state index in [4.69, 9.17) is 11.6 Å². The van der Waals surface area contributed by atoms with Crippen molar-refractivity contribution in [2.45, 2.75) is 18.3 Å². The first kappa shape index (κ1) is 14.5. The quantitative estimate of drug-likeness (QED) is 0.623. The van der Waals surface area contributed by atoms with Gasteiger partial charge in [0.2, 0.25) is 5.50 Å². The molecule has 4 rings (SSSR count). The van der Waals surface area contributed by atoms with Crippen LogP contribution in [0.25, 0.3) is 0 Å². The molecule has 0 bridgehead atoms. The van der Waals surface area contributed by atoms with Crippen LogP contribution in [0.3, 0.4) is 0 Å². The van der Waals surface area contributed by atoms with E-state index in [0.717, 1.165) is 29.1 Å². The largest absolute Gasteiger partial charge is 0.309 e. The summed E-state index contributed by atoms with van der Waals surface area (Å²) in [5, 5.41) is 0. The van der Waals surface area contributed by atoms with E-state index in [-0.39, 0.29) is 5.91 Å². The molecule has 2 aromatic carbocycles. The van der Waals surface area contributed by atoms with E-state index in [1.54, 1.807) is 0 Å². The van der Waals surface area contributed by atoms with Gasteiger partial charge in [0, 0.05) is 17.7 Å². The fourth-order valence-corrected chi connectivity index (χ4v) is 3.18. The standard InChI is InChI=1S/C19H17ClN2O/c20-18-19(23)22(12-13-10-11-13)16-9-5-4-8-15(16)17(21-18)14-6-2-1-3-7-14/h1-9,13,18H,10-12H2. The molecule has 1 fully saturated rings. The number of rotatable bonds is 3. The van der Waals surface area contributed by atoms with E-state index in [1.807, 2.05) is 59.5 Å². The molecule has 1 atom stereocenters. The monoisotopic (exact) mass is 324 g/mol. The number of carbonyl (C=O) groups is 1. The summed E-state index contributed by atoms with van der Waals surface area (Å²) in [5.41, 5.74) is 2.77. The highest BCUT2D eigenvalue weighted by Crippen LogP contribution is 2.35. The van der Waals surface area contributed by atoms with Crippen LogP contribution in [0.2, 0.25) is 0 Å². The third-order valence-corrected chi connectivity index (χ3v) is 4.63. The molecule has 1 unspecified atom stereocenters. The highest BCUT2D eigenvalue weighted by atomic mass is 35.5. The van der Waals surface area contributed by atoms with E-state index in [9.17, 15) is 4.79 Å². The summed E-state index contributed by atoms with van der Waals surface area (Å²) in [6.45, 7) is 0.733. The molecule has 1 aliphatic heterocycles. The van der Waals surface area contributed by atoms with Crippen LogP contribution >= 0.6 is 11.6 Å². The second-order valence-electron chi connectivity index (χ2n) is 6.09. The van der Waals surface area contributed by atoms with E-state index in [0.29, 0.717) is 5.92 Å². The Balaban J connectivity index is 1.86. The van der Waals surface area contributed by atoms with Gasteiger partial charge in [-0.05, 0) is 24.8 Å². The fourth-order valence-electron chi connectivity index (χ4n) is 2.97. The Labute approximate surface area is 140 Å².